The third-order valence-corrected chi connectivity index (χ3v) is 3.89. The lowest BCUT2D eigenvalue weighted by Crippen LogP contribution is -2.50. The predicted molar refractivity (Wildman–Crippen MR) is 80.8 cm³/mol. The first-order valence-electron chi connectivity index (χ1n) is 7.63. The fraction of sp³-hybridized carbons (Fsp3) is 0.733. The highest BCUT2D eigenvalue weighted by atomic mass is 16.6. The quantitative estimate of drug-likeness (QED) is 0.802. The van der Waals surface area contributed by atoms with E-state index in [1.165, 1.54) is 0 Å². The first kappa shape index (κ1) is 16.9. The number of ether oxygens (including phenoxy) is 3. The highest BCUT2D eigenvalue weighted by Crippen LogP contribution is 2.19. The van der Waals surface area contributed by atoms with E-state index in [1.807, 2.05) is 0 Å². The summed E-state index contributed by atoms with van der Waals surface area (Å²) in [5.41, 5.74) is 0.572. The summed E-state index contributed by atoms with van der Waals surface area (Å²) in [5.74, 6) is -0.0601. The summed E-state index contributed by atoms with van der Waals surface area (Å²) in [7, 11) is 3.30. The zero-order chi connectivity index (χ0) is 15.9. The SMILES string of the molecule is CCCn1cc(C(=O)NC[C@@H]2COC[C@@H](OC)[C@H]2OC)cn1. The maximum absolute atomic E-state index is 12.2. The molecule has 3 atom stereocenters. The number of nitrogens with zero attached hydrogens (tertiary/aromatic N) is 2. The number of methoxy groups -OCH3 is 2. The van der Waals surface area contributed by atoms with Crippen LogP contribution in [0.2, 0.25) is 0 Å². The largest absolute Gasteiger partial charge is 0.378 e. The molecular weight excluding hydrogens is 286 g/mol. The summed E-state index contributed by atoms with van der Waals surface area (Å²) >= 11 is 0. The molecule has 0 spiro atoms. The molecule has 7 heteroatoms. The Morgan fingerprint density at radius 3 is 2.95 bits per heavy atom. The standard InChI is InChI=1S/C15H25N3O4/c1-4-5-18-8-11(7-17-18)15(19)16-6-12-9-22-10-13(20-2)14(12)21-3/h7-8,12-14H,4-6,9-10H2,1-3H3,(H,16,19)/t12-,13-,14+/m1/s1. The molecule has 0 aliphatic carbocycles. The van der Waals surface area contributed by atoms with Crippen LogP contribution >= 0.6 is 0 Å². The Kier molecular flexibility index (Phi) is 6.35. The molecule has 1 aromatic heterocycles. The number of aryl methyl sites for hydroxylation is 1. The van der Waals surface area contributed by atoms with Crippen LogP contribution in [-0.2, 0) is 20.8 Å². The number of carbonyl (C=O) groups excluding carboxylic acids is 1. The Labute approximate surface area is 130 Å². The molecule has 1 amide bonds. The minimum absolute atomic E-state index is 0.0679. The number of hydrogen-bond donors (Lipinski definition) is 1. The number of amides is 1. The normalized spacial score (nSPS) is 25.1. The van der Waals surface area contributed by atoms with Crippen LogP contribution in [0.15, 0.2) is 12.4 Å². The van der Waals surface area contributed by atoms with Crippen LogP contribution in [0.3, 0.4) is 0 Å². The van der Waals surface area contributed by atoms with E-state index in [1.54, 1.807) is 31.3 Å². The van der Waals surface area contributed by atoms with Crippen molar-refractivity contribution in [1.82, 2.24) is 15.1 Å². The molecule has 0 unspecified atom stereocenters. The first-order valence-corrected chi connectivity index (χ1v) is 7.63. The van der Waals surface area contributed by atoms with Crippen LogP contribution in [0, 0.1) is 5.92 Å². The Hall–Kier alpha value is -1.44. The van der Waals surface area contributed by atoms with Crippen LogP contribution in [0.25, 0.3) is 0 Å². The van der Waals surface area contributed by atoms with Gasteiger partial charge in [-0.1, -0.05) is 6.92 Å². The van der Waals surface area contributed by atoms with Gasteiger partial charge < -0.3 is 19.5 Å². The van der Waals surface area contributed by atoms with E-state index < -0.39 is 0 Å². The van der Waals surface area contributed by atoms with Gasteiger partial charge in [-0.05, 0) is 6.42 Å². The molecule has 1 aliphatic rings. The third kappa shape index (κ3) is 4.06. The molecule has 2 heterocycles. The van der Waals surface area contributed by atoms with Gasteiger partial charge in [-0.25, -0.2) is 0 Å². The molecule has 1 saturated heterocycles. The van der Waals surface area contributed by atoms with Gasteiger partial charge in [0.05, 0.1) is 31.1 Å². The Morgan fingerprint density at radius 2 is 2.27 bits per heavy atom. The second-order valence-electron chi connectivity index (χ2n) is 5.47. The second kappa shape index (κ2) is 8.26. The van der Waals surface area contributed by atoms with E-state index in [-0.39, 0.29) is 24.0 Å². The van der Waals surface area contributed by atoms with Crippen LogP contribution < -0.4 is 5.32 Å². The fourth-order valence-corrected chi connectivity index (χ4v) is 2.71. The Balaban J connectivity index is 1.88. The van der Waals surface area contributed by atoms with Gasteiger partial charge in [0, 0.05) is 39.4 Å². The van der Waals surface area contributed by atoms with Crippen molar-refractivity contribution in [2.24, 2.45) is 5.92 Å². The highest BCUT2D eigenvalue weighted by molar-refractivity contribution is 5.93. The van der Waals surface area contributed by atoms with Crippen molar-refractivity contribution in [3.05, 3.63) is 18.0 Å². The molecule has 0 radical (unpaired) electrons. The topological polar surface area (TPSA) is 74.6 Å². The average Bonchev–Trinajstić information content (AvgIpc) is 3.01. The number of carbonyl (C=O) groups is 1. The number of rotatable bonds is 7. The summed E-state index contributed by atoms with van der Waals surface area (Å²) in [4.78, 5) is 12.2. The van der Waals surface area contributed by atoms with E-state index in [0.29, 0.717) is 25.3 Å². The van der Waals surface area contributed by atoms with Crippen molar-refractivity contribution < 1.29 is 19.0 Å². The van der Waals surface area contributed by atoms with Crippen molar-refractivity contribution in [3.8, 4) is 0 Å². The molecular formula is C15H25N3O4. The van der Waals surface area contributed by atoms with Gasteiger partial charge in [0.25, 0.3) is 5.91 Å². The summed E-state index contributed by atoms with van der Waals surface area (Å²) in [5, 5.41) is 7.09. The molecule has 7 nitrogen and oxygen atoms in total. The van der Waals surface area contributed by atoms with E-state index in [9.17, 15) is 4.79 Å². The van der Waals surface area contributed by atoms with Crippen LogP contribution in [0.1, 0.15) is 23.7 Å². The number of aromatic nitrogens is 2. The molecule has 1 fully saturated rings. The second-order valence-corrected chi connectivity index (χ2v) is 5.47. The van der Waals surface area contributed by atoms with Crippen LogP contribution in [0.5, 0.6) is 0 Å². The molecule has 124 valence electrons. The van der Waals surface area contributed by atoms with Gasteiger partial charge >= 0.3 is 0 Å². The smallest absolute Gasteiger partial charge is 0.254 e. The van der Waals surface area contributed by atoms with Crippen LogP contribution in [-0.4, -0.2) is 61.9 Å². The highest BCUT2D eigenvalue weighted by Gasteiger charge is 2.34. The fourth-order valence-electron chi connectivity index (χ4n) is 2.71. The lowest BCUT2D eigenvalue weighted by atomic mass is 9.96. The van der Waals surface area contributed by atoms with Crippen molar-refractivity contribution in [1.29, 1.82) is 0 Å². The zero-order valence-electron chi connectivity index (χ0n) is 13.4. The molecule has 1 aromatic rings. The maximum Gasteiger partial charge on any atom is 0.254 e. The third-order valence-electron chi connectivity index (χ3n) is 3.89. The molecule has 1 aliphatic heterocycles. The Bertz CT molecular complexity index is 477. The average molecular weight is 311 g/mol. The lowest BCUT2D eigenvalue weighted by Gasteiger charge is -2.36. The van der Waals surface area contributed by atoms with Crippen LogP contribution in [0.4, 0.5) is 0 Å². The zero-order valence-corrected chi connectivity index (χ0v) is 13.4. The minimum atomic E-state index is -0.128. The summed E-state index contributed by atoms with van der Waals surface area (Å²) in [6.07, 6.45) is 4.15. The lowest BCUT2D eigenvalue weighted by molar-refractivity contribution is -0.145. The van der Waals surface area contributed by atoms with Gasteiger partial charge in [0.2, 0.25) is 0 Å². The molecule has 2 rings (SSSR count). The maximum atomic E-state index is 12.2. The number of hydrogen-bond acceptors (Lipinski definition) is 5. The molecule has 22 heavy (non-hydrogen) atoms. The van der Waals surface area contributed by atoms with Gasteiger partial charge in [0.15, 0.2) is 0 Å². The predicted octanol–water partition coefficient (Wildman–Crippen LogP) is 0.699. The van der Waals surface area contributed by atoms with E-state index in [2.05, 4.69) is 17.3 Å². The summed E-state index contributed by atoms with van der Waals surface area (Å²) in [6.45, 7) is 4.43. The summed E-state index contributed by atoms with van der Waals surface area (Å²) in [6, 6.07) is 0. The monoisotopic (exact) mass is 311 g/mol. The van der Waals surface area contributed by atoms with Crippen molar-refractivity contribution >= 4 is 5.91 Å². The van der Waals surface area contributed by atoms with Crippen molar-refractivity contribution in [3.63, 3.8) is 0 Å². The molecule has 0 aromatic carbocycles. The first-order chi connectivity index (χ1) is 10.7. The van der Waals surface area contributed by atoms with Crippen molar-refractivity contribution in [2.75, 3.05) is 34.0 Å². The molecule has 0 saturated carbocycles. The molecule has 1 N–H and O–H groups in total. The van der Waals surface area contributed by atoms with Crippen molar-refractivity contribution in [2.45, 2.75) is 32.1 Å². The Morgan fingerprint density at radius 1 is 1.45 bits per heavy atom. The summed E-state index contributed by atoms with van der Waals surface area (Å²) < 4.78 is 18.2. The van der Waals surface area contributed by atoms with E-state index in [4.69, 9.17) is 14.2 Å². The molecule has 0 bridgehead atoms. The van der Waals surface area contributed by atoms with E-state index >= 15 is 0 Å². The van der Waals surface area contributed by atoms with Gasteiger partial charge in [-0.2, -0.15) is 5.10 Å². The van der Waals surface area contributed by atoms with Gasteiger partial charge in [-0.15, -0.1) is 0 Å². The van der Waals surface area contributed by atoms with E-state index in [0.717, 1.165) is 13.0 Å². The minimum Gasteiger partial charge on any atom is -0.378 e. The van der Waals surface area contributed by atoms with Gasteiger partial charge in [0.1, 0.15) is 6.10 Å². The van der Waals surface area contributed by atoms with Gasteiger partial charge in [-0.3, -0.25) is 9.48 Å². The number of nitrogens with one attached hydrogen (secondary N) is 1.